The van der Waals surface area contributed by atoms with Crippen molar-refractivity contribution in [1.29, 1.82) is 0 Å². The summed E-state index contributed by atoms with van der Waals surface area (Å²) < 4.78 is 1.36. The molecule has 0 saturated carbocycles. The van der Waals surface area contributed by atoms with Gasteiger partial charge in [-0.25, -0.2) is 0 Å². The zero-order chi connectivity index (χ0) is 14.6. The molecule has 0 aliphatic rings. The topological polar surface area (TPSA) is 102 Å². The van der Waals surface area contributed by atoms with Gasteiger partial charge in [-0.1, -0.05) is 0 Å². The number of amides is 1. The van der Waals surface area contributed by atoms with Crippen LogP contribution in [0, 0.1) is 10.1 Å². The monoisotopic (exact) mass is 269 g/mol. The first-order valence-electron chi connectivity index (χ1n) is 5.92. The molecule has 0 atom stereocenters. The first-order valence-corrected chi connectivity index (χ1v) is 5.92. The molecule has 0 spiro atoms. The first-order chi connectivity index (χ1) is 8.69. The molecular formula is C11H19N5O3. The molecule has 0 bridgehead atoms. The van der Waals surface area contributed by atoms with E-state index >= 15 is 0 Å². The van der Waals surface area contributed by atoms with Gasteiger partial charge in [0, 0.05) is 25.6 Å². The standard InChI is InChI=1S/C11H19N5O3/c1-11(2,3)13-9(17)5-6-12-10-8(16(18)19)7-15(4)14-10/h7H,5-6H2,1-4H3,(H,12,14)(H,13,17). The minimum absolute atomic E-state index is 0.0984. The van der Waals surface area contributed by atoms with E-state index in [1.54, 1.807) is 7.05 Å². The van der Waals surface area contributed by atoms with E-state index in [1.165, 1.54) is 10.9 Å². The van der Waals surface area contributed by atoms with Gasteiger partial charge in [-0.15, -0.1) is 5.10 Å². The predicted molar refractivity (Wildman–Crippen MR) is 70.9 cm³/mol. The quantitative estimate of drug-likeness (QED) is 0.614. The van der Waals surface area contributed by atoms with Crippen LogP contribution >= 0.6 is 0 Å². The normalized spacial score (nSPS) is 11.2. The van der Waals surface area contributed by atoms with Crippen LogP contribution in [0.25, 0.3) is 0 Å². The van der Waals surface area contributed by atoms with Gasteiger partial charge in [-0.3, -0.25) is 19.6 Å². The lowest BCUT2D eigenvalue weighted by molar-refractivity contribution is -0.384. The number of rotatable bonds is 5. The van der Waals surface area contributed by atoms with Crippen LogP contribution in [0.1, 0.15) is 27.2 Å². The molecule has 1 amide bonds. The molecule has 1 heterocycles. The van der Waals surface area contributed by atoms with E-state index in [9.17, 15) is 14.9 Å². The van der Waals surface area contributed by atoms with Gasteiger partial charge in [0.1, 0.15) is 6.20 Å². The first kappa shape index (κ1) is 14.9. The third-order valence-corrected chi connectivity index (χ3v) is 2.17. The van der Waals surface area contributed by atoms with Crippen LogP contribution in [0.4, 0.5) is 11.5 Å². The smallest absolute Gasteiger partial charge is 0.330 e. The number of carbonyl (C=O) groups excluding carboxylic acids is 1. The third-order valence-electron chi connectivity index (χ3n) is 2.17. The number of nitro groups is 1. The Labute approximate surface area is 111 Å². The molecule has 0 radical (unpaired) electrons. The van der Waals surface area contributed by atoms with Gasteiger partial charge in [0.2, 0.25) is 11.7 Å². The number of nitrogens with zero attached hydrogens (tertiary/aromatic N) is 3. The van der Waals surface area contributed by atoms with E-state index in [0.29, 0.717) is 6.54 Å². The molecule has 1 aromatic rings. The van der Waals surface area contributed by atoms with Crippen molar-refractivity contribution in [2.24, 2.45) is 7.05 Å². The molecule has 19 heavy (non-hydrogen) atoms. The summed E-state index contributed by atoms with van der Waals surface area (Å²) in [5.41, 5.74) is -0.382. The van der Waals surface area contributed by atoms with Crippen molar-refractivity contribution in [2.45, 2.75) is 32.7 Å². The molecular weight excluding hydrogens is 250 g/mol. The van der Waals surface area contributed by atoms with E-state index in [2.05, 4.69) is 15.7 Å². The molecule has 0 unspecified atom stereocenters. The van der Waals surface area contributed by atoms with Crippen molar-refractivity contribution in [3.05, 3.63) is 16.3 Å². The number of aryl methyl sites for hydroxylation is 1. The van der Waals surface area contributed by atoms with Crippen molar-refractivity contribution in [3.63, 3.8) is 0 Å². The molecule has 8 nitrogen and oxygen atoms in total. The van der Waals surface area contributed by atoms with Gasteiger partial charge in [-0.2, -0.15) is 0 Å². The number of anilines is 1. The Morgan fingerprint density at radius 3 is 2.68 bits per heavy atom. The zero-order valence-electron chi connectivity index (χ0n) is 11.6. The Hall–Kier alpha value is -2.12. The lowest BCUT2D eigenvalue weighted by Crippen LogP contribution is -2.41. The fraction of sp³-hybridized carbons (Fsp3) is 0.636. The average molecular weight is 269 g/mol. The molecule has 0 aliphatic carbocycles. The highest BCUT2D eigenvalue weighted by molar-refractivity contribution is 5.77. The molecule has 2 N–H and O–H groups in total. The fourth-order valence-electron chi connectivity index (χ4n) is 1.51. The number of aromatic nitrogens is 2. The van der Waals surface area contributed by atoms with E-state index in [1.807, 2.05) is 20.8 Å². The van der Waals surface area contributed by atoms with Gasteiger partial charge < -0.3 is 10.6 Å². The highest BCUT2D eigenvalue weighted by Gasteiger charge is 2.18. The lowest BCUT2D eigenvalue weighted by Gasteiger charge is -2.20. The summed E-state index contributed by atoms with van der Waals surface area (Å²) in [6.07, 6.45) is 1.54. The molecule has 106 valence electrons. The van der Waals surface area contributed by atoms with Gasteiger partial charge in [0.05, 0.1) is 4.92 Å². The van der Waals surface area contributed by atoms with Gasteiger partial charge >= 0.3 is 5.69 Å². The Bertz CT molecular complexity index is 475. The van der Waals surface area contributed by atoms with E-state index < -0.39 is 4.92 Å². The minimum Gasteiger partial charge on any atom is -0.362 e. The second-order valence-electron chi connectivity index (χ2n) is 5.27. The van der Waals surface area contributed by atoms with E-state index in [0.717, 1.165) is 0 Å². The summed E-state index contributed by atoms with van der Waals surface area (Å²) in [5, 5.41) is 20.3. The summed E-state index contributed by atoms with van der Waals surface area (Å²) in [6, 6.07) is 0. The van der Waals surface area contributed by atoms with Crippen molar-refractivity contribution >= 4 is 17.4 Å². The summed E-state index contributed by atoms with van der Waals surface area (Å²) in [4.78, 5) is 21.8. The zero-order valence-corrected chi connectivity index (χ0v) is 11.6. The average Bonchev–Trinajstić information content (AvgIpc) is 2.57. The molecule has 1 rings (SSSR count). The van der Waals surface area contributed by atoms with Crippen molar-refractivity contribution in [2.75, 3.05) is 11.9 Å². The molecule has 0 saturated heterocycles. The van der Waals surface area contributed by atoms with Crippen LogP contribution in [0.5, 0.6) is 0 Å². The van der Waals surface area contributed by atoms with Crippen molar-refractivity contribution < 1.29 is 9.72 Å². The predicted octanol–water partition coefficient (Wildman–Crippen LogP) is 1.04. The number of hydrogen-bond donors (Lipinski definition) is 2. The lowest BCUT2D eigenvalue weighted by atomic mass is 10.1. The largest absolute Gasteiger partial charge is 0.362 e. The van der Waals surface area contributed by atoms with Gasteiger partial charge in [0.15, 0.2) is 0 Å². The minimum atomic E-state index is -0.509. The summed E-state index contributed by atoms with van der Waals surface area (Å²) in [5.74, 6) is 0.0645. The van der Waals surface area contributed by atoms with Crippen LogP contribution in [0.3, 0.4) is 0 Å². The van der Waals surface area contributed by atoms with Crippen LogP contribution < -0.4 is 10.6 Å². The van der Waals surface area contributed by atoms with Crippen molar-refractivity contribution in [3.8, 4) is 0 Å². The Morgan fingerprint density at radius 2 is 2.16 bits per heavy atom. The maximum Gasteiger partial charge on any atom is 0.330 e. The molecule has 0 aromatic carbocycles. The molecule has 0 fully saturated rings. The fourth-order valence-corrected chi connectivity index (χ4v) is 1.51. The second kappa shape index (κ2) is 5.68. The summed E-state index contributed by atoms with van der Waals surface area (Å²) in [6.45, 7) is 5.96. The van der Waals surface area contributed by atoms with Gasteiger partial charge in [0.25, 0.3) is 0 Å². The number of carbonyl (C=O) groups is 1. The number of hydrogen-bond acceptors (Lipinski definition) is 5. The maximum absolute atomic E-state index is 11.6. The van der Waals surface area contributed by atoms with Crippen LogP contribution in [-0.2, 0) is 11.8 Å². The van der Waals surface area contributed by atoms with Gasteiger partial charge in [-0.05, 0) is 20.8 Å². The SMILES string of the molecule is Cn1cc([N+](=O)[O-])c(NCCC(=O)NC(C)(C)C)n1. The van der Waals surface area contributed by atoms with E-state index in [-0.39, 0.29) is 29.4 Å². The third kappa shape index (κ3) is 4.94. The summed E-state index contributed by atoms with van der Waals surface area (Å²) in [7, 11) is 1.60. The number of nitrogens with one attached hydrogen (secondary N) is 2. The molecule has 1 aromatic heterocycles. The van der Waals surface area contributed by atoms with Crippen LogP contribution in [0.15, 0.2) is 6.20 Å². The maximum atomic E-state index is 11.6. The summed E-state index contributed by atoms with van der Waals surface area (Å²) >= 11 is 0. The Balaban J connectivity index is 2.50. The van der Waals surface area contributed by atoms with Crippen LogP contribution in [-0.4, -0.2) is 32.7 Å². The Kier molecular flexibility index (Phi) is 4.47. The Morgan fingerprint density at radius 1 is 1.53 bits per heavy atom. The van der Waals surface area contributed by atoms with Crippen molar-refractivity contribution in [1.82, 2.24) is 15.1 Å². The highest BCUT2D eigenvalue weighted by atomic mass is 16.6. The van der Waals surface area contributed by atoms with E-state index in [4.69, 9.17) is 0 Å². The second-order valence-corrected chi connectivity index (χ2v) is 5.27. The molecule has 0 aliphatic heterocycles. The molecule has 8 heteroatoms. The highest BCUT2D eigenvalue weighted by Crippen LogP contribution is 2.21. The van der Waals surface area contributed by atoms with Crippen LogP contribution in [0.2, 0.25) is 0 Å².